The number of nitrogens with two attached hydrogens (primary N) is 1. The molecular weight excluding hydrogens is 110 g/mol. The lowest BCUT2D eigenvalue weighted by Gasteiger charge is -1.98. The van der Waals surface area contributed by atoms with Crippen molar-refractivity contribution in [3.8, 4) is 0 Å². The smallest absolute Gasteiger partial charge is 0.0343 e. The number of benzene rings is 1. The summed E-state index contributed by atoms with van der Waals surface area (Å²) in [5.74, 6) is 0. The molecule has 1 rings (SSSR count). The molecule has 1 nitrogen and oxygen atoms in total. The number of anilines is 1. The summed E-state index contributed by atoms with van der Waals surface area (Å²) < 4.78 is 43.0. The molecule has 0 aliphatic heterocycles. The third-order valence-corrected chi connectivity index (χ3v) is 1.05. The lowest BCUT2D eigenvalue weighted by atomic mass is 10.1. The molecule has 0 aromatic heterocycles. The molecule has 0 atom stereocenters. The third-order valence-electron chi connectivity index (χ3n) is 1.05. The molecule has 0 amide bonds. The van der Waals surface area contributed by atoms with Crippen LogP contribution in [0.3, 0.4) is 0 Å². The van der Waals surface area contributed by atoms with Crippen molar-refractivity contribution >= 4 is 5.69 Å². The van der Waals surface area contributed by atoms with E-state index in [-0.39, 0.29) is 16.8 Å². The highest BCUT2D eigenvalue weighted by Gasteiger charge is 1.89. The number of nitrogen functional groups attached to an aromatic ring is 1. The summed E-state index contributed by atoms with van der Waals surface area (Å²) in [5, 5.41) is 0. The zero-order valence-corrected chi connectivity index (χ0v) is 4.81. The Labute approximate surface area is 63.9 Å². The fourth-order valence-corrected chi connectivity index (χ4v) is 0.556. The lowest BCUT2D eigenvalue weighted by molar-refractivity contribution is 1.39. The molecule has 0 unspecified atom stereocenters. The molecule has 0 spiro atoms. The molecule has 0 aliphatic rings. The predicted octanol–water partition coefficient (Wildman–Crippen LogP) is 1.89. The average Bonchev–Trinajstić information content (AvgIpc) is 2.00. The van der Waals surface area contributed by atoms with E-state index in [2.05, 4.69) is 0 Å². The first-order valence-electron chi connectivity index (χ1n) is 5.53. The van der Waals surface area contributed by atoms with Crippen LogP contribution in [0, 0.1) is 13.7 Å². The second-order valence-electron chi connectivity index (χ2n) is 1.80. The fraction of sp³-hybridized carbons (Fsp3) is 0.250. The summed E-state index contributed by atoms with van der Waals surface area (Å²) in [6.45, 7) is -4.70. The normalized spacial score (nSPS) is 22.2. The van der Waals surface area contributed by atoms with Gasteiger partial charge in [-0.2, -0.15) is 0 Å². The Kier molecular flexibility index (Phi) is 0.468. The van der Waals surface area contributed by atoms with Gasteiger partial charge in [0.25, 0.3) is 0 Å². The van der Waals surface area contributed by atoms with E-state index in [0.717, 1.165) is 6.07 Å². The van der Waals surface area contributed by atoms with Gasteiger partial charge in [0, 0.05) is 13.9 Å². The third kappa shape index (κ3) is 1.22. The van der Waals surface area contributed by atoms with Gasteiger partial charge >= 0.3 is 0 Å². The highest BCUT2D eigenvalue weighted by atomic mass is 14.5. The number of hydrogen-bond acceptors (Lipinski definition) is 1. The molecule has 0 fully saturated rings. The van der Waals surface area contributed by atoms with Crippen LogP contribution in [-0.2, 0) is 0 Å². The zero-order chi connectivity index (χ0) is 11.9. The summed E-state index contributed by atoms with van der Waals surface area (Å²) in [7, 11) is 0. The molecule has 0 radical (unpaired) electrons. The Morgan fingerprint density at radius 3 is 3.00 bits per heavy atom. The van der Waals surface area contributed by atoms with E-state index in [1.807, 2.05) is 0 Å². The monoisotopic (exact) mass is 127 g/mol. The van der Waals surface area contributed by atoms with Gasteiger partial charge in [-0.25, -0.2) is 0 Å². The zero-order valence-electron chi connectivity index (χ0n) is 10.8. The Bertz CT molecular complexity index is 364. The molecule has 2 N–H and O–H groups in total. The predicted molar refractivity (Wildman–Crippen MR) is 40.3 cm³/mol. The molecule has 0 heterocycles. The first kappa shape index (κ1) is 2.01. The van der Waals surface area contributed by atoms with Crippen LogP contribution in [0.15, 0.2) is 18.2 Å². The van der Waals surface area contributed by atoms with Gasteiger partial charge in [-0.3, -0.25) is 0 Å². The SMILES string of the molecule is [2H]C([2H])([2H])c1ccc(N)c(C([2H])([2H])[2H])c1. The van der Waals surface area contributed by atoms with Gasteiger partial charge in [-0.15, -0.1) is 0 Å². The first-order chi connectivity index (χ1) is 6.62. The Morgan fingerprint density at radius 1 is 1.44 bits per heavy atom. The van der Waals surface area contributed by atoms with E-state index in [4.69, 9.17) is 14.0 Å². The van der Waals surface area contributed by atoms with Crippen molar-refractivity contribution in [2.45, 2.75) is 13.7 Å². The minimum atomic E-state index is -2.38. The van der Waals surface area contributed by atoms with Gasteiger partial charge in [-0.05, 0) is 25.3 Å². The Hall–Kier alpha value is -0.980. The minimum absolute atomic E-state index is 0.0113. The maximum atomic E-state index is 7.18. The first-order valence-corrected chi connectivity index (χ1v) is 2.53. The summed E-state index contributed by atoms with van der Waals surface area (Å²) in [6, 6.07) is 3.75. The molecule has 1 heteroatoms. The fourth-order valence-electron chi connectivity index (χ4n) is 0.556. The molecule has 9 heavy (non-hydrogen) atoms. The summed E-state index contributed by atoms with van der Waals surface area (Å²) in [5.41, 5.74) is 5.44. The molecule has 1 aromatic carbocycles. The largest absolute Gasteiger partial charge is 0.399 e. The molecule has 0 saturated heterocycles. The molecule has 0 aliphatic carbocycles. The van der Waals surface area contributed by atoms with E-state index in [9.17, 15) is 0 Å². The van der Waals surface area contributed by atoms with Crippen LogP contribution in [0.4, 0.5) is 5.69 Å². The highest BCUT2D eigenvalue weighted by molar-refractivity contribution is 5.47. The van der Waals surface area contributed by atoms with Crippen molar-refractivity contribution in [1.29, 1.82) is 0 Å². The van der Waals surface area contributed by atoms with Crippen molar-refractivity contribution in [2.24, 2.45) is 0 Å². The molecule has 48 valence electrons. The molecule has 0 bridgehead atoms. The van der Waals surface area contributed by atoms with Crippen molar-refractivity contribution in [1.82, 2.24) is 0 Å². The van der Waals surface area contributed by atoms with Crippen LogP contribution in [0.2, 0.25) is 0 Å². The van der Waals surface area contributed by atoms with Crippen molar-refractivity contribution in [3.05, 3.63) is 29.3 Å². The van der Waals surface area contributed by atoms with Gasteiger partial charge in [0.1, 0.15) is 0 Å². The number of rotatable bonds is 0. The van der Waals surface area contributed by atoms with Gasteiger partial charge in [-0.1, -0.05) is 17.7 Å². The molecule has 1 aromatic rings. The van der Waals surface area contributed by atoms with Crippen LogP contribution in [-0.4, -0.2) is 0 Å². The summed E-state index contributed by atoms with van der Waals surface area (Å²) >= 11 is 0. The van der Waals surface area contributed by atoms with E-state index in [1.54, 1.807) is 0 Å². The second-order valence-corrected chi connectivity index (χ2v) is 1.80. The van der Waals surface area contributed by atoms with E-state index < -0.39 is 13.7 Å². The maximum absolute atomic E-state index is 7.18. The Morgan fingerprint density at radius 2 is 2.33 bits per heavy atom. The lowest BCUT2D eigenvalue weighted by Crippen LogP contribution is -1.88. The van der Waals surface area contributed by atoms with E-state index in [0.29, 0.717) is 0 Å². The molecular formula is C8H11N. The van der Waals surface area contributed by atoms with Crippen molar-refractivity contribution in [2.75, 3.05) is 5.73 Å². The average molecular weight is 127 g/mol. The summed E-state index contributed by atoms with van der Waals surface area (Å²) in [6.07, 6.45) is 0. The van der Waals surface area contributed by atoms with Gasteiger partial charge in [0.05, 0.1) is 0 Å². The number of aryl methyl sites for hydroxylation is 2. The van der Waals surface area contributed by atoms with Crippen LogP contribution < -0.4 is 5.73 Å². The van der Waals surface area contributed by atoms with Gasteiger partial charge in [0.15, 0.2) is 0 Å². The van der Waals surface area contributed by atoms with Gasteiger partial charge in [0.2, 0.25) is 0 Å². The summed E-state index contributed by atoms with van der Waals surface area (Å²) in [4.78, 5) is 0. The number of hydrogen-bond donors (Lipinski definition) is 1. The van der Waals surface area contributed by atoms with Gasteiger partial charge < -0.3 is 5.73 Å². The minimum Gasteiger partial charge on any atom is -0.399 e. The van der Waals surface area contributed by atoms with Crippen molar-refractivity contribution < 1.29 is 8.22 Å². The van der Waals surface area contributed by atoms with Crippen molar-refractivity contribution in [3.63, 3.8) is 0 Å². The highest BCUT2D eigenvalue weighted by Crippen LogP contribution is 2.10. The maximum Gasteiger partial charge on any atom is 0.0343 e. The standard InChI is InChI=1S/C8H11N/c1-6-3-4-8(9)7(2)5-6/h3-5H,9H2,1-2H3/i1D3,2D3. The van der Waals surface area contributed by atoms with Crippen LogP contribution in [0.1, 0.15) is 19.4 Å². The van der Waals surface area contributed by atoms with E-state index in [1.165, 1.54) is 12.1 Å². The Balaban J connectivity index is 3.30. The van der Waals surface area contributed by atoms with Crippen LogP contribution in [0.5, 0.6) is 0 Å². The van der Waals surface area contributed by atoms with Crippen LogP contribution in [0.25, 0.3) is 0 Å². The topological polar surface area (TPSA) is 26.0 Å². The van der Waals surface area contributed by atoms with Crippen LogP contribution >= 0.6 is 0 Å². The van der Waals surface area contributed by atoms with E-state index >= 15 is 0 Å². The quantitative estimate of drug-likeness (QED) is 0.529. The second kappa shape index (κ2) is 2.09. The molecule has 0 saturated carbocycles.